The van der Waals surface area contributed by atoms with E-state index in [2.05, 4.69) is 15.7 Å². The molecule has 6 nitrogen and oxygen atoms in total. The molecule has 0 aliphatic rings. The van der Waals surface area contributed by atoms with Crippen LogP contribution in [0.15, 0.2) is 54.9 Å². The average Bonchev–Trinajstić information content (AvgIpc) is 3.10. The summed E-state index contributed by atoms with van der Waals surface area (Å²) in [7, 11) is 3.20. The summed E-state index contributed by atoms with van der Waals surface area (Å²) in [5.41, 5.74) is 2.64. The number of nitrogens with zero attached hydrogens (tertiary/aromatic N) is 2. The van der Waals surface area contributed by atoms with Crippen molar-refractivity contribution in [3.63, 3.8) is 0 Å². The predicted octanol–water partition coefficient (Wildman–Crippen LogP) is 4.41. The number of aromatic nitrogens is 2. The molecule has 3 aromatic rings. The minimum atomic E-state index is 0.435. The van der Waals surface area contributed by atoms with E-state index in [1.165, 1.54) is 0 Å². The number of ether oxygens (including phenoxy) is 2. The monoisotopic (exact) mass is 402 g/mol. The van der Waals surface area contributed by atoms with Gasteiger partial charge in [0.25, 0.3) is 0 Å². The molecule has 27 heavy (non-hydrogen) atoms. The maximum Gasteiger partial charge on any atom is 0.175 e. The summed E-state index contributed by atoms with van der Waals surface area (Å²) in [5, 5.41) is 11.7. The van der Waals surface area contributed by atoms with Gasteiger partial charge in [-0.1, -0.05) is 23.7 Å². The molecule has 0 atom stereocenters. The Kier molecular flexibility index (Phi) is 6.16. The van der Waals surface area contributed by atoms with Gasteiger partial charge in [0.1, 0.15) is 11.5 Å². The number of hydrogen-bond acceptors (Lipinski definition) is 4. The van der Waals surface area contributed by atoms with Crippen LogP contribution >= 0.6 is 23.8 Å². The molecule has 140 valence electrons. The maximum absolute atomic E-state index is 5.91. The molecule has 0 aliphatic carbocycles. The van der Waals surface area contributed by atoms with Gasteiger partial charge in [-0.3, -0.25) is 4.68 Å². The van der Waals surface area contributed by atoms with E-state index in [-0.39, 0.29) is 0 Å². The molecule has 2 aromatic carbocycles. The van der Waals surface area contributed by atoms with Crippen molar-refractivity contribution in [1.29, 1.82) is 0 Å². The molecule has 0 radical (unpaired) electrons. The Morgan fingerprint density at radius 2 is 1.89 bits per heavy atom. The van der Waals surface area contributed by atoms with Gasteiger partial charge >= 0.3 is 0 Å². The second kappa shape index (κ2) is 8.75. The lowest BCUT2D eigenvalue weighted by Crippen LogP contribution is -2.19. The van der Waals surface area contributed by atoms with Crippen LogP contribution in [-0.2, 0) is 6.54 Å². The summed E-state index contributed by atoms with van der Waals surface area (Å²) < 4.78 is 12.4. The fourth-order valence-corrected chi connectivity index (χ4v) is 2.83. The van der Waals surface area contributed by atoms with E-state index in [0.717, 1.165) is 16.9 Å². The summed E-state index contributed by atoms with van der Waals surface area (Å²) in [6.07, 6.45) is 3.60. The van der Waals surface area contributed by atoms with Crippen LogP contribution in [0.2, 0.25) is 5.02 Å². The molecule has 0 spiro atoms. The van der Waals surface area contributed by atoms with Crippen LogP contribution in [0.25, 0.3) is 0 Å². The van der Waals surface area contributed by atoms with E-state index < -0.39 is 0 Å². The lowest BCUT2D eigenvalue weighted by Gasteiger charge is -2.13. The number of thiocarbonyl (C=S) groups is 1. The second-order valence-corrected chi connectivity index (χ2v) is 6.54. The zero-order chi connectivity index (χ0) is 19.2. The molecule has 0 bridgehead atoms. The molecule has 1 aromatic heterocycles. The van der Waals surface area contributed by atoms with Gasteiger partial charge in [0.15, 0.2) is 5.11 Å². The Morgan fingerprint density at radius 1 is 1.11 bits per heavy atom. The maximum atomic E-state index is 5.91. The number of nitrogens with one attached hydrogen (secondary N) is 2. The Bertz CT molecular complexity index is 928. The zero-order valence-corrected chi connectivity index (χ0v) is 16.5. The van der Waals surface area contributed by atoms with Crippen molar-refractivity contribution < 1.29 is 9.47 Å². The zero-order valence-electron chi connectivity index (χ0n) is 14.9. The first-order valence-corrected chi connectivity index (χ1v) is 8.93. The number of rotatable bonds is 6. The van der Waals surface area contributed by atoms with Crippen LogP contribution < -0.4 is 20.1 Å². The molecule has 0 amide bonds. The van der Waals surface area contributed by atoms with Gasteiger partial charge in [-0.2, -0.15) is 5.10 Å². The SMILES string of the molecule is COc1ccc(NC(=S)Nc2cnn(Cc3ccc(Cl)cc3)c2)c(OC)c1. The summed E-state index contributed by atoms with van der Waals surface area (Å²) in [6, 6.07) is 13.1. The number of hydrogen-bond donors (Lipinski definition) is 2. The molecule has 0 saturated carbocycles. The highest BCUT2D eigenvalue weighted by Crippen LogP contribution is 2.29. The highest BCUT2D eigenvalue weighted by atomic mass is 35.5. The molecule has 1 heterocycles. The Labute approximate surface area is 168 Å². The van der Waals surface area contributed by atoms with Gasteiger partial charge < -0.3 is 20.1 Å². The van der Waals surface area contributed by atoms with E-state index in [1.54, 1.807) is 26.5 Å². The van der Waals surface area contributed by atoms with Crippen molar-refractivity contribution in [2.24, 2.45) is 0 Å². The van der Waals surface area contributed by atoms with Crippen molar-refractivity contribution in [1.82, 2.24) is 9.78 Å². The van der Waals surface area contributed by atoms with Crippen molar-refractivity contribution in [3.8, 4) is 11.5 Å². The number of anilines is 2. The number of halogens is 1. The molecular weight excluding hydrogens is 384 g/mol. The quantitative estimate of drug-likeness (QED) is 0.595. The van der Waals surface area contributed by atoms with Crippen molar-refractivity contribution in [2.45, 2.75) is 6.54 Å². The van der Waals surface area contributed by atoms with Gasteiger partial charge in [0.05, 0.1) is 38.3 Å². The largest absolute Gasteiger partial charge is 0.497 e. The van der Waals surface area contributed by atoms with Crippen LogP contribution in [-0.4, -0.2) is 29.1 Å². The van der Waals surface area contributed by atoms with Crippen molar-refractivity contribution in [2.75, 3.05) is 24.9 Å². The highest BCUT2D eigenvalue weighted by molar-refractivity contribution is 7.80. The molecule has 0 aliphatic heterocycles. The van der Waals surface area contributed by atoms with Gasteiger partial charge in [0.2, 0.25) is 0 Å². The summed E-state index contributed by atoms with van der Waals surface area (Å²) in [5.74, 6) is 1.34. The number of methoxy groups -OCH3 is 2. The van der Waals surface area contributed by atoms with E-state index >= 15 is 0 Å². The van der Waals surface area contributed by atoms with E-state index in [1.807, 2.05) is 47.3 Å². The molecule has 2 N–H and O–H groups in total. The standard InChI is InChI=1S/C19H19ClN4O2S/c1-25-16-7-8-17(18(9-16)26-2)23-19(27)22-15-10-21-24(12-15)11-13-3-5-14(20)6-4-13/h3-10,12H,11H2,1-2H3,(H2,22,23,27). The summed E-state index contributed by atoms with van der Waals surface area (Å²) >= 11 is 11.3. The Balaban J connectivity index is 1.61. The van der Waals surface area contributed by atoms with Gasteiger partial charge in [-0.15, -0.1) is 0 Å². The third kappa shape index (κ3) is 5.12. The third-order valence-corrected chi connectivity index (χ3v) is 4.26. The topological polar surface area (TPSA) is 60.3 Å². The second-order valence-electron chi connectivity index (χ2n) is 5.70. The van der Waals surface area contributed by atoms with E-state index in [9.17, 15) is 0 Å². The summed E-state index contributed by atoms with van der Waals surface area (Å²) in [4.78, 5) is 0. The average molecular weight is 403 g/mol. The first-order chi connectivity index (χ1) is 13.1. The normalized spacial score (nSPS) is 10.3. The van der Waals surface area contributed by atoms with E-state index in [0.29, 0.717) is 28.2 Å². The smallest absolute Gasteiger partial charge is 0.175 e. The first kappa shape index (κ1) is 19.0. The van der Waals surface area contributed by atoms with Gasteiger partial charge in [-0.05, 0) is 42.0 Å². The molecule has 3 rings (SSSR count). The van der Waals surface area contributed by atoms with Crippen LogP contribution in [0.3, 0.4) is 0 Å². The third-order valence-electron chi connectivity index (χ3n) is 3.81. The summed E-state index contributed by atoms with van der Waals surface area (Å²) in [6.45, 7) is 0.644. The van der Waals surface area contributed by atoms with Crippen LogP contribution in [0, 0.1) is 0 Å². The lowest BCUT2D eigenvalue weighted by atomic mass is 10.2. The van der Waals surface area contributed by atoms with Crippen LogP contribution in [0.4, 0.5) is 11.4 Å². The van der Waals surface area contributed by atoms with Gasteiger partial charge in [0, 0.05) is 17.3 Å². The Morgan fingerprint density at radius 3 is 2.59 bits per heavy atom. The van der Waals surface area contributed by atoms with E-state index in [4.69, 9.17) is 33.3 Å². The minimum absolute atomic E-state index is 0.435. The molecular formula is C19H19ClN4O2S. The molecule has 0 fully saturated rings. The first-order valence-electron chi connectivity index (χ1n) is 8.14. The fraction of sp³-hybridized carbons (Fsp3) is 0.158. The van der Waals surface area contributed by atoms with Gasteiger partial charge in [-0.25, -0.2) is 0 Å². The lowest BCUT2D eigenvalue weighted by molar-refractivity contribution is 0.395. The fourth-order valence-electron chi connectivity index (χ4n) is 2.48. The van der Waals surface area contributed by atoms with Crippen LogP contribution in [0.5, 0.6) is 11.5 Å². The van der Waals surface area contributed by atoms with Crippen molar-refractivity contribution >= 4 is 40.3 Å². The highest BCUT2D eigenvalue weighted by Gasteiger charge is 2.08. The Hall–Kier alpha value is -2.77. The molecule has 0 unspecified atom stereocenters. The predicted molar refractivity (Wildman–Crippen MR) is 112 cm³/mol. The minimum Gasteiger partial charge on any atom is -0.497 e. The van der Waals surface area contributed by atoms with Crippen molar-refractivity contribution in [3.05, 3.63) is 65.4 Å². The number of benzene rings is 2. The van der Waals surface area contributed by atoms with Crippen LogP contribution in [0.1, 0.15) is 5.56 Å². The molecule has 8 heteroatoms. The molecule has 0 saturated heterocycles.